The van der Waals surface area contributed by atoms with Gasteiger partial charge in [0.05, 0.1) is 43.8 Å². The maximum absolute atomic E-state index is 12.3. The number of fused-ring (bicyclic) bond motifs is 2. The summed E-state index contributed by atoms with van der Waals surface area (Å²) < 4.78 is 23.0. The van der Waals surface area contributed by atoms with Gasteiger partial charge in [-0.2, -0.15) is 0 Å². The van der Waals surface area contributed by atoms with E-state index in [4.69, 9.17) is 18.6 Å². The number of ether oxygens (including phenoxy) is 3. The quantitative estimate of drug-likeness (QED) is 0.268. The number of anilines is 1. The average molecular weight is 558 g/mol. The monoisotopic (exact) mass is 557 g/mol. The van der Waals surface area contributed by atoms with Gasteiger partial charge in [-0.3, -0.25) is 9.78 Å². The van der Waals surface area contributed by atoms with Gasteiger partial charge in [-0.25, -0.2) is 4.79 Å². The molecule has 0 spiro atoms. The molecule has 214 valence electrons. The number of pyridine rings is 1. The van der Waals surface area contributed by atoms with Gasteiger partial charge in [0.1, 0.15) is 23.0 Å². The molecule has 9 nitrogen and oxygen atoms in total. The molecule has 0 aliphatic carbocycles. The van der Waals surface area contributed by atoms with Gasteiger partial charge in [-0.1, -0.05) is 12.1 Å². The zero-order chi connectivity index (χ0) is 29.1. The number of amides is 1. The molecule has 3 heterocycles. The van der Waals surface area contributed by atoms with Gasteiger partial charge in [0, 0.05) is 29.8 Å². The molecule has 5 rings (SSSR count). The SMILES string of the molecule is CCOC(=O)Cc1cccc2c1OC(c1cc(-c3ccnc(CNC(=O)OC(C)(C)C)c3)c3occc3c1)CN2C. The number of nitrogens with zero attached hydrogens (tertiary/aromatic N) is 2. The fourth-order valence-corrected chi connectivity index (χ4v) is 4.94. The molecule has 0 fully saturated rings. The van der Waals surface area contributed by atoms with Gasteiger partial charge in [-0.15, -0.1) is 0 Å². The van der Waals surface area contributed by atoms with E-state index < -0.39 is 11.7 Å². The number of hydrogen-bond acceptors (Lipinski definition) is 8. The van der Waals surface area contributed by atoms with E-state index in [0.29, 0.717) is 24.6 Å². The van der Waals surface area contributed by atoms with Crippen LogP contribution in [0.3, 0.4) is 0 Å². The lowest BCUT2D eigenvalue weighted by atomic mass is 9.96. The Kier molecular flexibility index (Phi) is 7.88. The van der Waals surface area contributed by atoms with Gasteiger partial charge in [0.2, 0.25) is 0 Å². The summed E-state index contributed by atoms with van der Waals surface area (Å²) in [6.45, 7) is 8.44. The summed E-state index contributed by atoms with van der Waals surface area (Å²) in [5, 5.41) is 3.71. The number of carbonyl (C=O) groups excluding carboxylic acids is 2. The molecule has 1 amide bonds. The fraction of sp³-hybridized carbons (Fsp3) is 0.344. The summed E-state index contributed by atoms with van der Waals surface area (Å²) in [7, 11) is 2.02. The van der Waals surface area contributed by atoms with Crippen LogP contribution < -0.4 is 15.0 Å². The van der Waals surface area contributed by atoms with Crippen LogP contribution in [-0.2, 0) is 27.2 Å². The first-order valence-electron chi connectivity index (χ1n) is 13.7. The molecule has 0 saturated heterocycles. The molecule has 0 saturated carbocycles. The molecule has 0 radical (unpaired) electrons. The van der Waals surface area contributed by atoms with E-state index in [1.807, 2.05) is 64.2 Å². The molecule has 0 bridgehead atoms. The second-order valence-electron chi connectivity index (χ2n) is 11.0. The molecule has 4 aromatic rings. The number of likely N-dealkylation sites (N-methyl/N-ethyl adjacent to an activating group) is 1. The molecule has 9 heteroatoms. The van der Waals surface area contributed by atoms with Crippen molar-refractivity contribution in [2.45, 2.75) is 52.4 Å². The Hall–Kier alpha value is -4.53. The van der Waals surface area contributed by atoms with Crippen LogP contribution >= 0.6 is 0 Å². The lowest BCUT2D eigenvalue weighted by Gasteiger charge is -2.35. The number of furan rings is 1. The highest BCUT2D eigenvalue weighted by atomic mass is 16.6. The Morgan fingerprint density at radius 2 is 1.98 bits per heavy atom. The Bertz CT molecular complexity index is 1570. The Morgan fingerprint density at radius 1 is 1.15 bits per heavy atom. The first kappa shape index (κ1) is 28.0. The lowest BCUT2D eigenvalue weighted by Crippen LogP contribution is -2.32. The topological polar surface area (TPSA) is 103 Å². The maximum atomic E-state index is 12.3. The Labute approximate surface area is 239 Å². The molecule has 41 heavy (non-hydrogen) atoms. The standard InChI is InChI=1S/C32H35N3O6/c1-6-38-28(36)17-21-8-7-9-26-30(21)40-27(19-35(26)5)23-14-22-11-13-39-29(22)25(16-23)20-10-12-33-24(15-20)18-34-31(37)41-32(2,3)4/h7-16,27H,6,17-19H2,1-5H3,(H,34,37). The number of aromatic nitrogens is 1. The number of rotatable bonds is 7. The molecular weight excluding hydrogens is 522 g/mol. The number of para-hydroxylation sites is 1. The van der Waals surface area contributed by atoms with Crippen LogP contribution in [0.2, 0.25) is 0 Å². The van der Waals surface area contributed by atoms with E-state index in [1.54, 1.807) is 19.4 Å². The minimum atomic E-state index is -0.583. The molecule has 1 aliphatic rings. The highest BCUT2D eigenvalue weighted by molar-refractivity contribution is 5.93. The molecule has 1 aliphatic heterocycles. The number of esters is 1. The second-order valence-corrected chi connectivity index (χ2v) is 11.0. The van der Waals surface area contributed by atoms with Crippen molar-refractivity contribution in [3.63, 3.8) is 0 Å². The van der Waals surface area contributed by atoms with Crippen molar-refractivity contribution in [1.82, 2.24) is 10.3 Å². The van der Waals surface area contributed by atoms with E-state index in [-0.39, 0.29) is 25.0 Å². The third-order valence-electron chi connectivity index (χ3n) is 6.71. The predicted octanol–water partition coefficient (Wildman–Crippen LogP) is 6.20. The molecular formula is C32H35N3O6. The summed E-state index contributed by atoms with van der Waals surface area (Å²) in [5.41, 5.74) is 5.34. The van der Waals surface area contributed by atoms with Crippen LogP contribution in [0, 0.1) is 0 Å². The molecule has 2 aromatic carbocycles. The van der Waals surface area contributed by atoms with E-state index in [2.05, 4.69) is 27.3 Å². The summed E-state index contributed by atoms with van der Waals surface area (Å²) in [5.74, 6) is 0.401. The van der Waals surface area contributed by atoms with Crippen LogP contribution in [0.4, 0.5) is 10.5 Å². The number of nitrogens with one attached hydrogen (secondary N) is 1. The van der Waals surface area contributed by atoms with E-state index in [1.165, 1.54) is 0 Å². The maximum Gasteiger partial charge on any atom is 0.407 e. The van der Waals surface area contributed by atoms with E-state index >= 15 is 0 Å². The predicted molar refractivity (Wildman–Crippen MR) is 156 cm³/mol. The van der Waals surface area contributed by atoms with Gasteiger partial charge in [0.25, 0.3) is 0 Å². The summed E-state index contributed by atoms with van der Waals surface area (Å²) >= 11 is 0. The molecule has 1 unspecified atom stereocenters. The number of benzene rings is 2. The van der Waals surface area contributed by atoms with Crippen molar-refractivity contribution in [3.05, 3.63) is 77.8 Å². The lowest BCUT2D eigenvalue weighted by molar-refractivity contribution is -0.142. The zero-order valence-corrected chi connectivity index (χ0v) is 24.0. The molecule has 1 N–H and O–H groups in total. The van der Waals surface area contributed by atoms with E-state index in [0.717, 1.165) is 38.9 Å². The van der Waals surface area contributed by atoms with Crippen molar-refractivity contribution in [2.75, 3.05) is 25.1 Å². The van der Waals surface area contributed by atoms with Crippen LogP contribution in [0.15, 0.2) is 65.4 Å². The van der Waals surface area contributed by atoms with Gasteiger partial charge < -0.3 is 28.8 Å². The number of carbonyl (C=O) groups is 2. The van der Waals surface area contributed by atoms with Crippen molar-refractivity contribution < 1.29 is 28.2 Å². The molecule has 2 aromatic heterocycles. The van der Waals surface area contributed by atoms with Gasteiger partial charge in [0.15, 0.2) is 0 Å². The zero-order valence-electron chi connectivity index (χ0n) is 24.0. The highest BCUT2D eigenvalue weighted by Gasteiger charge is 2.29. The van der Waals surface area contributed by atoms with Crippen molar-refractivity contribution >= 4 is 28.7 Å². The summed E-state index contributed by atoms with van der Waals surface area (Å²) in [4.78, 5) is 31.0. The average Bonchev–Trinajstić information content (AvgIpc) is 3.40. The third kappa shape index (κ3) is 6.45. The largest absolute Gasteiger partial charge is 0.481 e. The Morgan fingerprint density at radius 3 is 2.76 bits per heavy atom. The summed E-state index contributed by atoms with van der Waals surface area (Å²) in [6, 6.07) is 15.8. The molecule has 1 atom stereocenters. The van der Waals surface area contributed by atoms with Crippen LogP contribution in [0.5, 0.6) is 5.75 Å². The fourth-order valence-electron chi connectivity index (χ4n) is 4.94. The van der Waals surface area contributed by atoms with E-state index in [9.17, 15) is 9.59 Å². The number of hydrogen-bond donors (Lipinski definition) is 1. The second kappa shape index (κ2) is 11.5. The van der Waals surface area contributed by atoms with Crippen molar-refractivity contribution in [1.29, 1.82) is 0 Å². The minimum absolute atomic E-state index is 0.140. The Balaban J connectivity index is 1.44. The van der Waals surface area contributed by atoms with Crippen molar-refractivity contribution in [3.8, 4) is 16.9 Å². The third-order valence-corrected chi connectivity index (χ3v) is 6.71. The number of alkyl carbamates (subject to hydrolysis) is 1. The summed E-state index contributed by atoms with van der Waals surface area (Å²) in [6.07, 6.45) is 2.74. The highest BCUT2D eigenvalue weighted by Crippen LogP contribution is 2.42. The van der Waals surface area contributed by atoms with Gasteiger partial charge in [-0.05, 0) is 75.2 Å². The van der Waals surface area contributed by atoms with Crippen LogP contribution in [0.1, 0.15) is 50.6 Å². The van der Waals surface area contributed by atoms with Crippen molar-refractivity contribution in [2.24, 2.45) is 0 Å². The van der Waals surface area contributed by atoms with Gasteiger partial charge >= 0.3 is 12.1 Å². The first-order valence-corrected chi connectivity index (χ1v) is 13.7. The normalized spacial score (nSPS) is 14.8. The smallest absolute Gasteiger partial charge is 0.407 e. The van der Waals surface area contributed by atoms with Crippen LogP contribution in [0.25, 0.3) is 22.1 Å². The first-order chi connectivity index (χ1) is 19.6. The minimum Gasteiger partial charge on any atom is -0.481 e. The van der Waals surface area contributed by atoms with Crippen LogP contribution in [-0.4, -0.2) is 42.8 Å².